The first-order valence-corrected chi connectivity index (χ1v) is 7.97. The van der Waals surface area contributed by atoms with Crippen LogP contribution in [0.4, 0.5) is 23.1 Å². The fraction of sp³-hybridized carbons (Fsp3) is 0.118. The first kappa shape index (κ1) is 15.4. The lowest BCUT2D eigenvalue weighted by Crippen LogP contribution is -2.03. The van der Waals surface area contributed by atoms with E-state index in [0.29, 0.717) is 11.8 Å². The first-order valence-electron chi connectivity index (χ1n) is 7.17. The monoisotopic (exact) mass is 369 g/mol. The summed E-state index contributed by atoms with van der Waals surface area (Å²) in [6.45, 7) is 4.16. The molecule has 2 N–H and O–H groups in total. The molecule has 0 fully saturated rings. The molecule has 23 heavy (non-hydrogen) atoms. The van der Waals surface area contributed by atoms with Crippen molar-refractivity contribution >= 4 is 39.1 Å². The highest BCUT2D eigenvalue weighted by Gasteiger charge is 2.05. The van der Waals surface area contributed by atoms with Gasteiger partial charge in [-0.2, -0.15) is 10.1 Å². The van der Waals surface area contributed by atoms with Crippen LogP contribution in [0, 0.1) is 13.8 Å². The maximum Gasteiger partial charge on any atom is 0.249 e. The fourth-order valence-electron chi connectivity index (χ4n) is 2.10. The van der Waals surface area contributed by atoms with Gasteiger partial charge in [0, 0.05) is 15.8 Å². The molecule has 0 bridgehead atoms. The molecule has 0 spiro atoms. The van der Waals surface area contributed by atoms with Crippen LogP contribution in [0.2, 0.25) is 0 Å². The predicted octanol–water partition coefficient (Wildman–Crippen LogP) is 4.74. The topological polar surface area (TPSA) is 62.7 Å². The van der Waals surface area contributed by atoms with E-state index < -0.39 is 0 Å². The van der Waals surface area contributed by atoms with E-state index in [2.05, 4.69) is 61.7 Å². The van der Waals surface area contributed by atoms with Gasteiger partial charge in [0.05, 0.1) is 6.20 Å². The summed E-state index contributed by atoms with van der Waals surface area (Å²) in [5, 5.41) is 14.4. The molecular formula is C17H16BrN5. The third kappa shape index (κ3) is 3.84. The van der Waals surface area contributed by atoms with Gasteiger partial charge in [-0.1, -0.05) is 28.1 Å². The Morgan fingerprint density at radius 3 is 2.52 bits per heavy atom. The Labute approximate surface area is 143 Å². The van der Waals surface area contributed by atoms with Gasteiger partial charge in [-0.05, 0) is 55.3 Å². The molecule has 1 heterocycles. The number of nitrogens with zero attached hydrogens (tertiary/aromatic N) is 3. The zero-order chi connectivity index (χ0) is 16.2. The van der Waals surface area contributed by atoms with Gasteiger partial charge < -0.3 is 10.6 Å². The van der Waals surface area contributed by atoms with E-state index in [1.54, 1.807) is 6.20 Å². The van der Waals surface area contributed by atoms with Crippen molar-refractivity contribution in [3.8, 4) is 0 Å². The quantitative estimate of drug-likeness (QED) is 0.695. The molecule has 0 saturated heterocycles. The van der Waals surface area contributed by atoms with Crippen LogP contribution in [-0.2, 0) is 0 Å². The van der Waals surface area contributed by atoms with Crippen molar-refractivity contribution in [2.75, 3.05) is 10.6 Å². The molecule has 1 aromatic heterocycles. The molecule has 3 aromatic rings. The highest BCUT2D eigenvalue weighted by atomic mass is 79.9. The van der Waals surface area contributed by atoms with Gasteiger partial charge in [-0.25, -0.2) is 0 Å². The van der Waals surface area contributed by atoms with Crippen LogP contribution < -0.4 is 10.6 Å². The number of halogens is 1. The third-order valence-electron chi connectivity index (χ3n) is 3.53. The average molecular weight is 370 g/mol. The normalized spacial score (nSPS) is 10.4. The molecule has 2 aromatic carbocycles. The molecule has 5 nitrogen and oxygen atoms in total. The van der Waals surface area contributed by atoms with Gasteiger partial charge in [-0.3, -0.25) is 0 Å². The minimum Gasteiger partial charge on any atom is -0.339 e. The van der Waals surface area contributed by atoms with E-state index in [9.17, 15) is 0 Å². The lowest BCUT2D eigenvalue weighted by molar-refractivity contribution is 0.982. The van der Waals surface area contributed by atoms with Crippen LogP contribution in [0.5, 0.6) is 0 Å². The molecule has 0 radical (unpaired) electrons. The number of aromatic nitrogens is 3. The van der Waals surface area contributed by atoms with Gasteiger partial charge in [-0.15, -0.1) is 5.10 Å². The van der Waals surface area contributed by atoms with E-state index in [1.807, 2.05) is 36.4 Å². The van der Waals surface area contributed by atoms with Crippen LogP contribution in [0.3, 0.4) is 0 Å². The Hall–Kier alpha value is -2.47. The van der Waals surface area contributed by atoms with Gasteiger partial charge in [0.2, 0.25) is 5.95 Å². The standard InChI is InChI=1S/C17H16BrN5/c1-11-4-3-5-15(12(11)2)21-16-10-19-23-17(22-16)20-14-8-6-13(18)7-9-14/h3-10H,1-2H3,(H2,20,21,22,23). The summed E-state index contributed by atoms with van der Waals surface area (Å²) in [6, 6.07) is 13.9. The molecule has 0 unspecified atom stereocenters. The molecule has 0 amide bonds. The second kappa shape index (κ2) is 6.75. The van der Waals surface area contributed by atoms with Crippen molar-refractivity contribution in [2.45, 2.75) is 13.8 Å². The largest absolute Gasteiger partial charge is 0.339 e. The average Bonchev–Trinajstić information content (AvgIpc) is 2.54. The highest BCUT2D eigenvalue weighted by Crippen LogP contribution is 2.22. The summed E-state index contributed by atoms with van der Waals surface area (Å²) >= 11 is 3.41. The Balaban J connectivity index is 1.79. The van der Waals surface area contributed by atoms with Crippen molar-refractivity contribution in [2.24, 2.45) is 0 Å². The van der Waals surface area contributed by atoms with Crippen LogP contribution in [0.15, 0.2) is 53.1 Å². The molecule has 0 aliphatic heterocycles. The molecule has 6 heteroatoms. The van der Waals surface area contributed by atoms with Crippen molar-refractivity contribution in [3.63, 3.8) is 0 Å². The number of anilines is 4. The number of rotatable bonds is 4. The van der Waals surface area contributed by atoms with Crippen LogP contribution in [-0.4, -0.2) is 15.2 Å². The molecule has 0 saturated carbocycles. The van der Waals surface area contributed by atoms with E-state index in [1.165, 1.54) is 11.1 Å². The van der Waals surface area contributed by atoms with Gasteiger partial charge in [0.15, 0.2) is 5.82 Å². The summed E-state index contributed by atoms with van der Waals surface area (Å²) in [5.74, 6) is 1.09. The number of benzene rings is 2. The van der Waals surface area contributed by atoms with Crippen LogP contribution in [0.1, 0.15) is 11.1 Å². The summed E-state index contributed by atoms with van der Waals surface area (Å²) in [7, 11) is 0. The minimum atomic E-state index is 0.447. The zero-order valence-electron chi connectivity index (χ0n) is 12.8. The summed E-state index contributed by atoms with van der Waals surface area (Å²) in [4.78, 5) is 4.45. The van der Waals surface area contributed by atoms with E-state index in [0.717, 1.165) is 15.8 Å². The molecule has 116 valence electrons. The van der Waals surface area contributed by atoms with E-state index >= 15 is 0 Å². The van der Waals surface area contributed by atoms with Crippen LogP contribution in [0.25, 0.3) is 0 Å². The second-order valence-corrected chi connectivity index (χ2v) is 6.09. The molecule has 0 aliphatic rings. The third-order valence-corrected chi connectivity index (χ3v) is 4.06. The van der Waals surface area contributed by atoms with E-state index in [4.69, 9.17) is 0 Å². The van der Waals surface area contributed by atoms with Gasteiger partial charge >= 0.3 is 0 Å². The number of hydrogen-bond donors (Lipinski definition) is 2. The number of aryl methyl sites for hydroxylation is 1. The van der Waals surface area contributed by atoms with Crippen molar-refractivity contribution in [3.05, 3.63) is 64.3 Å². The Kier molecular flexibility index (Phi) is 4.52. The van der Waals surface area contributed by atoms with Gasteiger partial charge in [0.1, 0.15) is 0 Å². The second-order valence-electron chi connectivity index (χ2n) is 5.17. The fourth-order valence-corrected chi connectivity index (χ4v) is 2.37. The molecule has 0 atom stereocenters. The van der Waals surface area contributed by atoms with Gasteiger partial charge in [0.25, 0.3) is 0 Å². The molecular weight excluding hydrogens is 354 g/mol. The van der Waals surface area contributed by atoms with Crippen LogP contribution >= 0.6 is 15.9 Å². The maximum absolute atomic E-state index is 4.45. The molecule has 3 rings (SSSR count). The Morgan fingerprint density at radius 1 is 0.957 bits per heavy atom. The SMILES string of the molecule is Cc1cccc(Nc2cnnc(Nc3ccc(Br)cc3)n2)c1C. The van der Waals surface area contributed by atoms with Crippen molar-refractivity contribution in [1.29, 1.82) is 0 Å². The van der Waals surface area contributed by atoms with Crippen molar-refractivity contribution < 1.29 is 0 Å². The lowest BCUT2D eigenvalue weighted by atomic mass is 10.1. The predicted molar refractivity (Wildman–Crippen MR) is 96.5 cm³/mol. The summed E-state index contributed by atoms with van der Waals surface area (Å²) in [5.41, 5.74) is 4.33. The number of nitrogens with one attached hydrogen (secondary N) is 2. The van der Waals surface area contributed by atoms with E-state index in [-0.39, 0.29) is 0 Å². The zero-order valence-corrected chi connectivity index (χ0v) is 14.4. The highest BCUT2D eigenvalue weighted by molar-refractivity contribution is 9.10. The summed E-state index contributed by atoms with van der Waals surface area (Å²) < 4.78 is 1.02. The maximum atomic E-state index is 4.45. The smallest absolute Gasteiger partial charge is 0.249 e. The molecule has 0 aliphatic carbocycles. The lowest BCUT2D eigenvalue weighted by Gasteiger charge is -2.11. The number of hydrogen-bond acceptors (Lipinski definition) is 5. The van der Waals surface area contributed by atoms with Crippen molar-refractivity contribution in [1.82, 2.24) is 15.2 Å². The Morgan fingerprint density at radius 2 is 1.74 bits per heavy atom. The summed E-state index contributed by atoms with van der Waals surface area (Å²) in [6.07, 6.45) is 1.61. The Bertz CT molecular complexity index is 817. The first-order chi connectivity index (χ1) is 11.1. The minimum absolute atomic E-state index is 0.447.